The van der Waals surface area contributed by atoms with Crippen LogP contribution in [0.3, 0.4) is 0 Å². The van der Waals surface area contributed by atoms with E-state index in [1.807, 2.05) is 12.5 Å². The molecule has 3 heteroatoms. The van der Waals surface area contributed by atoms with E-state index in [1.165, 1.54) is 25.0 Å². The van der Waals surface area contributed by atoms with Crippen molar-refractivity contribution in [1.29, 1.82) is 0 Å². The zero-order chi connectivity index (χ0) is 10.8. The summed E-state index contributed by atoms with van der Waals surface area (Å²) < 4.78 is 2.26. The smallest absolute Gasteiger partial charge is 0.0951 e. The molecule has 1 heterocycles. The van der Waals surface area contributed by atoms with Gasteiger partial charge in [-0.1, -0.05) is 19.8 Å². The van der Waals surface area contributed by atoms with Gasteiger partial charge in [0.05, 0.1) is 12.0 Å². The van der Waals surface area contributed by atoms with E-state index in [1.54, 1.807) is 0 Å². The number of nitrogens with zero attached hydrogens (tertiary/aromatic N) is 2. The fourth-order valence-corrected chi connectivity index (χ4v) is 2.13. The molecule has 1 saturated carbocycles. The maximum Gasteiger partial charge on any atom is 0.0951 e. The van der Waals surface area contributed by atoms with Crippen molar-refractivity contribution in [3.8, 4) is 0 Å². The Balaban J connectivity index is 2.08. The fraction of sp³-hybridized carbons (Fsp3) is 0.750. The highest BCUT2D eigenvalue weighted by molar-refractivity contribution is 5.05. The predicted molar refractivity (Wildman–Crippen MR) is 61.5 cm³/mol. The molecule has 0 bridgehead atoms. The lowest BCUT2D eigenvalue weighted by molar-refractivity contribution is 0.449. The molecule has 1 aliphatic carbocycles. The minimum Gasteiger partial charge on any atom is -0.330 e. The quantitative estimate of drug-likeness (QED) is 0.806. The van der Waals surface area contributed by atoms with E-state index in [0.717, 1.165) is 12.3 Å². The van der Waals surface area contributed by atoms with Crippen LogP contribution in [0.15, 0.2) is 12.5 Å². The summed E-state index contributed by atoms with van der Waals surface area (Å²) in [5, 5.41) is 0. The van der Waals surface area contributed by atoms with Gasteiger partial charge in [-0.15, -0.1) is 0 Å². The minimum absolute atomic E-state index is 0.133. The summed E-state index contributed by atoms with van der Waals surface area (Å²) >= 11 is 0. The van der Waals surface area contributed by atoms with Crippen LogP contribution in [-0.2, 0) is 0 Å². The second kappa shape index (κ2) is 4.35. The first kappa shape index (κ1) is 10.7. The van der Waals surface area contributed by atoms with Crippen LogP contribution in [0.1, 0.15) is 57.3 Å². The highest BCUT2D eigenvalue weighted by atomic mass is 15.1. The SMILES string of the molecule is CC[C@@H](N)c1cncn1C(C)CC1CC1. The Kier molecular flexibility index (Phi) is 3.10. The molecule has 2 N–H and O–H groups in total. The van der Waals surface area contributed by atoms with E-state index in [9.17, 15) is 0 Å². The lowest BCUT2D eigenvalue weighted by atomic mass is 10.1. The highest BCUT2D eigenvalue weighted by Gasteiger charge is 2.25. The van der Waals surface area contributed by atoms with Crippen molar-refractivity contribution < 1.29 is 0 Å². The van der Waals surface area contributed by atoms with Gasteiger partial charge < -0.3 is 10.3 Å². The van der Waals surface area contributed by atoms with Crippen LogP contribution in [0.25, 0.3) is 0 Å². The van der Waals surface area contributed by atoms with Crippen LogP contribution in [0.4, 0.5) is 0 Å². The van der Waals surface area contributed by atoms with Gasteiger partial charge >= 0.3 is 0 Å². The average Bonchev–Trinajstić information content (AvgIpc) is 2.90. The van der Waals surface area contributed by atoms with Crippen LogP contribution >= 0.6 is 0 Å². The van der Waals surface area contributed by atoms with E-state index in [-0.39, 0.29) is 6.04 Å². The molecule has 1 aliphatic rings. The van der Waals surface area contributed by atoms with Gasteiger partial charge in [-0.3, -0.25) is 0 Å². The molecule has 84 valence electrons. The summed E-state index contributed by atoms with van der Waals surface area (Å²) in [6.07, 6.45) is 8.92. The average molecular weight is 207 g/mol. The van der Waals surface area contributed by atoms with Gasteiger partial charge in [0.1, 0.15) is 0 Å². The highest BCUT2D eigenvalue weighted by Crippen LogP contribution is 2.37. The van der Waals surface area contributed by atoms with E-state index in [2.05, 4.69) is 23.4 Å². The molecule has 0 amide bonds. The Labute approximate surface area is 91.7 Å². The summed E-state index contributed by atoms with van der Waals surface area (Å²) in [5.74, 6) is 0.952. The van der Waals surface area contributed by atoms with E-state index in [0.29, 0.717) is 6.04 Å². The van der Waals surface area contributed by atoms with Gasteiger partial charge in [0.15, 0.2) is 0 Å². The first-order valence-electron chi connectivity index (χ1n) is 5.99. The molecular weight excluding hydrogens is 186 g/mol. The van der Waals surface area contributed by atoms with Gasteiger partial charge in [-0.05, 0) is 25.7 Å². The molecule has 1 aromatic rings. The van der Waals surface area contributed by atoms with E-state index < -0.39 is 0 Å². The van der Waals surface area contributed by atoms with Crippen molar-refractivity contribution in [2.45, 2.75) is 51.6 Å². The summed E-state index contributed by atoms with van der Waals surface area (Å²) in [5.41, 5.74) is 7.25. The van der Waals surface area contributed by atoms with Gasteiger partial charge in [0, 0.05) is 18.3 Å². The molecule has 0 radical (unpaired) electrons. The molecule has 2 rings (SSSR count). The summed E-state index contributed by atoms with van der Waals surface area (Å²) in [6, 6.07) is 0.682. The normalized spacial score (nSPS) is 20.2. The van der Waals surface area contributed by atoms with E-state index >= 15 is 0 Å². The van der Waals surface area contributed by atoms with Crippen molar-refractivity contribution in [3.63, 3.8) is 0 Å². The van der Waals surface area contributed by atoms with Gasteiger partial charge in [0.25, 0.3) is 0 Å². The van der Waals surface area contributed by atoms with Gasteiger partial charge in [-0.2, -0.15) is 0 Å². The third kappa shape index (κ3) is 2.40. The molecule has 0 saturated heterocycles. The fourth-order valence-electron chi connectivity index (χ4n) is 2.13. The molecule has 1 aromatic heterocycles. The number of aromatic nitrogens is 2. The predicted octanol–water partition coefficient (Wildman–Crippen LogP) is 2.65. The Morgan fingerprint density at radius 2 is 2.33 bits per heavy atom. The summed E-state index contributed by atoms with van der Waals surface area (Å²) in [7, 11) is 0. The Bertz CT molecular complexity index is 314. The lowest BCUT2D eigenvalue weighted by Crippen LogP contribution is -2.16. The first-order chi connectivity index (χ1) is 7.22. The Hall–Kier alpha value is -0.830. The van der Waals surface area contributed by atoms with Gasteiger partial charge in [-0.25, -0.2) is 4.98 Å². The van der Waals surface area contributed by atoms with Crippen molar-refractivity contribution in [1.82, 2.24) is 9.55 Å². The second-order valence-corrected chi connectivity index (χ2v) is 4.77. The van der Waals surface area contributed by atoms with Crippen molar-refractivity contribution >= 4 is 0 Å². The largest absolute Gasteiger partial charge is 0.330 e. The lowest BCUT2D eigenvalue weighted by Gasteiger charge is -2.19. The number of hydrogen-bond acceptors (Lipinski definition) is 2. The number of nitrogens with two attached hydrogens (primary N) is 1. The maximum atomic E-state index is 6.06. The first-order valence-corrected chi connectivity index (χ1v) is 5.99. The molecule has 15 heavy (non-hydrogen) atoms. The monoisotopic (exact) mass is 207 g/mol. The third-order valence-electron chi connectivity index (χ3n) is 3.36. The molecule has 0 spiro atoms. The van der Waals surface area contributed by atoms with E-state index in [4.69, 9.17) is 5.73 Å². The Morgan fingerprint density at radius 1 is 1.60 bits per heavy atom. The maximum absolute atomic E-state index is 6.06. The number of hydrogen-bond donors (Lipinski definition) is 1. The molecule has 0 aromatic carbocycles. The second-order valence-electron chi connectivity index (χ2n) is 4.77. The van der Waals surface area contributed by atoms with Crippen LogP contribution in [0.2, 0.25) is 0 Å². The molecule has 3 nitrogen and oxygen atoms in total. The van der Waals surface area contributed by atoms with Crippen LogP contribution < -0.4 is 5.73 Å². The van der Waals surface area contributed by atoms with Gasteiger partial charge in [0.2, 0.25) is 0 Å². The molecule has 0 aliphatic heterocycles. The standard InChI is InChI=1S/C12H21N3/c1-3-11(13)12-7-14-8-15(12)9(2)6-10-4-5-10/h7-11H,3-6,13H2,1-2H3/t9?,11-/m1/s1. The van der Waals surface area contributed by atoms with Crippen LogP contribution in [-0.4, -0.2) is 9.55 Å². The molecule has 2 atom stereocenters. The zero-order valence-corrected chi connectivity index (χ0v) is 9.69. The number of rotatable bonds is 5. The topological polar surface area (TPSA) is 43.8 Å². The molecule has 1 fully saturated rings. The molecular formula is C12H21N3. The Morgan fingerprint density at radius 3 is 2.93 bits per heavy atom. The zero-order valence-electron chi connectivity index (χ0n) is 9.69. The number of imidazole rings is 1. The molecule has 1 unspecified atom stereocenters. The minimum atomic E-state index is 0.133. The third-order valence-corrected chi connectivity index (χ3v) is 3.36. The van der Waals surface area contributed by atoms with Crippen molar-refractivity contribution in [2.75, 3.05) is 0 Å². The van der Waals surface area contributed by atoms with Crippen molar-refractivity contribution in [3.05, 3.63) is 18.2 Å². The van der Waals surface area contributed by atoms with Crippen LogP contribution in [0, 0.1) is 5.92 Å². The van der Waals surface area contributed by atoms with Crippen LogP contribution in [0.5, 0.6) is 0 Å². The summed E-state index contributed by atoms with van der Waals surface area (Å²) in [6.45, 7) is 4.39. The summed E-state index contributed by atoms with van der Waals surface area (Å²) in [4.78, 5) is 4.22. The van der Waals surface area contributed by atoms with Crippen molar-refractivity contribution in [2.24, 2.45) is 11.7 Å².